The van der Waals surface area contributed by atoms with Crippen LogP contribution < -0.4 is 5.73 Å². The predicted molar refractivity (Wildman–Crippen MR) is 76.6 cm³/mol. The van der Waals surface area contributed by atoms with Crippen LogP contribution in [0.5, 0.6) is 0 Å². The van der Waals surface area contributed by atoms with Gasteiger partial charge in [0.25, 0.3) is 0 Å². The molecule has 4 nitrogen and oxygen atoms in total. The first-order valence-electron chi connectivity index (χ1n) is 5.80. The number of ether oxygens (including phenoxy) is 1. The number of nitrogen functional groups attached to an aromatic ring is 1. The molecule has 0 atom stereocenters. The molecule has 0 saturated heterocycles. The molecule has 0 amide bonds. The van der Waals surface area contributed by atoms with E-state index in [1.807, 2.05) is 0 Å². The number of esters is 1. The van der Waals surface area contributed by atoms with Crippen LogP contribution >= 0.6 is 15.9 Å². The Morgan fingerprint density at radius 1 is 1.45 bits per heavy atom. The van der Waals surface area contributed by atoms with Crippen LogP contribution in [0.15, 0.2) is 34.9 Å². The van der Waals surface area contributed by atoms with Crippen LogP contribution in [0.25, 0.3) is 0 Å². The summed E-state index contributed by atoms with van der Waals surface area (Å²) in [5, 5.41) is 0. The maximum Gasteiger partial charge on any atom is 0.340 e. The van der Waals surface area contributed by atoms with E-state index >= 15 is 0 Å². The molecule has 1 aromatic carbocycles. The highest BCUT2D eigenvalue weighted by molar-refractivity contribution is 9.10. The van der Waals surface area contributed by atoms with E-state index < -0.39 is 11.8 Å². The molecule has 0 fully saturated rings. The topological polar surface area (TPSA) is 65.2 Å². The molecule has 0 aliphatic heterocycles. The van der Waals surface area contributed by atoms with Gasteiger partial charge in [-0.05, 0) is 25.1 Å². The lowest BCUT2D eigenvalue weighted by Gasteiger charge is -2.08. The van der Waals surface area contributed by atoms with Crippen LogP contribution in [0.4, 0.5) is 10.1 Å². The van der Waals surface area contributed by atoms with Crippen molar-refractivity contribution in [2.45, 2.75) is 13.5 Å². The number of nitrogens with two attached hydrogens (primary N) is 1. The normalized spacial score (nSPS) is 10.3. The number of benzene rings is 1. The summed E-state index contributed by atoms with van der Waals surface area (Å²) in [4.78, 5) is 15.9. The van der Waals surface area contributed by atoms with E-state index in [0.29, 0.717) is 21.4 Å². The summed E-state index contributed by atoms with van der Waals surface area (Å²) in [6.07, 6.45) is 1.46. The van der Waals surface area contributed by atoms with Crippen LogP contribution in [0.1, 0.15) is 21.6 Å². The highest BCUT2D eigenvalue weighted by Gasteiger charge is 2.13. The van der Waals surface area contributed by atoms with Gasteiger partial charge in [0.15, 0.2) is 0 Å². The zero-order valence-electron chi connectivity index (χ0n) is 10.7. The summed E-state index contributed by atoms with van der Waals surface area (Å²) in [5.41, 5.74) is 7.05. The van der Waals surface area contributed by atoms with Gasteiger partial charge in [0, 0.05) is 10.0 Å². The monoisotopic (exact) mass is 338 g/mol. The average molecular weight is 339 g/mol. The number of halogens is 2. The number of anilines is 1. The van der Waals surface area contributed by atoms with Gasteiger partial charge >= 0.3 is 5.97 Å². The van der Waals surface area contributed by atoms with Crippen LogP contribution in [0.2, 0.25) is 0 Å². The Balaban J connectivity index is 2.10. The molecule has 20 heavy (non-hydrogen) atoms. The van der Waals surface area contributed by atoms with E-state index in [2.05, 4.69) is 20.9 Å². The first-order chi connectivity index (χ1) is 9.47. The van der Waals surface area contributed by atoms with Gasteiger partial charge in [0.1, 0.15) is 12.4 Å². The Morgan fingerprint density at radius 2 is 2.20 bits per heavy atom. The molecule has 6 heteroatoms. The Hall–Kier alpha value is -1.95. The molecule has 2 rings (SSSR count). The fourth-order valence-corrected chi connectivity index (χ4v) is 1.95. The van der Waals surface area contributed by atoms with Gasteiger partial charge in [0.2, 0.25) is 0 Å². The predicted octanol–water partition coefficient (Wildman–Crippen LogP) is 3.23. The summed E-state index contributed by atoms with van der Waals surface area (Å²) < 4.78 is 19.3. The van der Waals surface area contributed by atoms with Crippen LogP contribution in [0, 0.1) is 12.7 Å². The minimum atomic E-state index is -0.579. The molecular formula is C14H12BrFN2O2. The van der Waals surface area contributed by atoms with Gasteiger partial charge in [-0.2, -0.15) is 0 Å². The van der Waals surface area contributed by atoms with Crippen molar-refractivity contribution in [1.82, 2.24) is 4.98 Å². The van der Waals surface area contributed by atoms with Gasteiger partial charge in [-0.15, -0.1) is 0 Å². The van der Waals surface area contributed by atoms with Gasteiger partial charge in [-0.25, -0.2) is 9.18 Å². The van der Waals surface area contributed by atoms with E-state index in [4.69, 9.17) is 10.5 Å². The Kier molecular flexibility index (Phi) is 4.34. The number of hydrogen-bond acceptors (Lipinski definition) is 4. The average Bonchev–Trinajstić information content (AvgIpc) is 2.40. The van der Waals surface area contributed by atoms with E-state index in [1.165, 1.54) is 18.3 Å². The van der Waals surface area contributed by atoms with Crippen molar-refractivity contribution in [3.8, 4) is 0 Å². The zero-order chi connectivity index (χ0) is 14.7. The summed E-state index contributed by atoms with van der Waals surface area (Å²) >= 11 is 3.16. The van der Waals surface area contributed by atoms with Gasteiger partial charge in [-0.3, -0.25) is 4.98 Å². The third-order valence-electron chi connectivity index (χ3n) is 2.70. The SMILES string of the molecule is Cc1ncc(N)cc1C(=O)OCc1ccc(Br)cc1F. The van der Waals surface area contributed by atoms with Crippen molar-refractivity contribution in [2.75, 3.05) is 5.73 Å². The minimum Gasteiger partial charge on any atom is -0.457 e. The molecule has 0 saturated carbocycles. The van der Waals surface area contributed by atoms with Gasteiger partial charge < -0.3 is 10.5 Å². The van der Waals surface area contributed by atoms with Crippen molar-refractivity contribution in [3.05, 3.63) is 57.6 Å². The molecule has 0 aliphatic rings. The maximum absolute atomic E-state index is 13.6. The van der Waals surface area contributed by atoms with Crippen molar-refractivity contribution in [2.24, 2.45) is 0 Å². The van der Waals surface area contributed by atoms with Crippen LogP contribution in [-0.4, -0.2) is 11.0 Å². The van der Waals surface area contributed by atoms with Crippen molar-refractivity contribution in [3.63, 3.8) is 0 Å². The van der Waals surface area contributed by atoms with E-state index in [9.17, 15) is 9.18 Å². The third-order valence-corrected chi connectivity index (χ3v) is 3.20. The molecule has 1 heterocycles. The second kappa shape index (κ2) is 6.00. The van der Waals surface area contributed by atoms with Gasteiger partial charge in [-0.1, -0.05) is 22.0 Å². The molecule has 0 spiro atoms. The molecule has 0 unspecified atom stereocenters. The molecular weight excluding hydrogens is 327 g/mol. The zero-order valence-corrected chi connectivity index (χ0v) is 12.3. The first kappa shape index (κ1) is 14.5. The van der Waals surface area contributed by atoms with E-state index in [1.54, 1.807) is 19.1 Å². The van der Waals surface area contributed by atoms with Crippen LogP contribution in [-0.2, 0) is 11.3 Å². The highest BCUT2D eigenvalue weighted by atomic mass is 79.9. The fourth-order valence-electron chi connectivity index (χ4n) is 1.62. The molecule has 1 aromatic heterocycles. The Labute approximate surface area is 123 Å². The smallest absolute Gasteiger partial charge is 0.340 e. The number of carbonyl (C=O) groups is 1. The van der Waals surface area contributed by atoms with Crippen molar-refractivity contribution < 1.29 is 13.9 Å². The number of carbonyl (C=O) groups excluding carboxylic acids is 1. The summed E-state index contributed by atoms with van der Waals surface area (Å²) in [6.45, 7) is 1.53. The molecule has 2 aromatic rings. The van der Waals surface area contributed by atoms with Crippen LogP contribution in [0.3, 0.4) is 0 Å². The lowest BCUT2D eigenvalue weighted by Crippen LogP contribution is -2.09. The number of rotatable bonds is 3. The Morgan fingerprint density at radius 3 is 2.90 bits per heavy atom. The summed E-state index contributed by atoms with van der Waals surface area (Å²) in [5.74, 6) is -1.01. The standard InChI is InChI=1S/C14H12BrFN2O2/c1-8-12(5-11(17)6-18-8)14(19)20-7-9-2-3-10(15)4-13(9)16/h2-6H,7,17H2,1H3. The number of pyridine rings is 1. The maximum atomic E-state index is 13.6. The van der Waals surface area contributed by atoms with Gasteiger partial charge in [0.05, 0.1) is 23.1 Å². The molecule has 104 valence electrons. The lowest BCUT2D eigenvalue weighted by molar-refractivity contribution is 0.0467. The number of aromatic nitrogens is 1. The summed E-state index contributed by atoms with van der Waals surface area (Å²) in [7, 11) is 0. The molecule has 0 bridgehead atoms. The minimum absolute atomic E-state index is 0.147. The third kappa shape index (κ3) is 3.33. The Bertz CT molecular complexity index is 662. The fraction of sp³-hybridized carbons (Fsp3) is 0.143. The second-order valence-electron chi connectivity index (χ2n) is 4.21. The lowest BCUT2D eigenvalue weighted by atomic mass is 10.2. The van der Waals surface area contributed by atoms with E-state index in [-0.39, 0.29) is 12.2 Å². The highest BCUT2D eigenvalue weighted by Crippen LogP contribution is 2.17. The van der Waals surface area contributed by atoms with Crippen molar-refractivity contribution >= 4 is 27.6 Å². The quantitative estimate of drug-likeness (QED) is 0.872. The first-order valence-corrected chi connectivity index (χ1v) is 6.60. The molecule has 0 radical (unpaired) electrons. The number of nitrogens with zero attached hydrogens (tertiary/aromatic N) is 1. The molecule has 2 N–H and O–H groups in total. The largest absolute Gasteiger partial charge is 0.457 e. The number of aryl methyl sites for hydroxylation is 1. The van der Waals surface area contributed by atoms with E-state index in [0.717, 1.165) is 0 Å². The summed E-state index contributed by atoms with van der Waals surface area (Å²) in [6, 6.07) is 6.04. The number of hydrogen-bond donors (Lipinski definition) is 1. The second-order valence-corrected chi connectivity index (χ2v) is 5.13. The molecule has 0 aliphatic carbocycles. The van der Waals surface area contributed by atoms with Crippen molar-refractivity contribution in [1.29, 1.82) is 0 Å².